The number of rotatable bonds is 7. The van der Waals surface area contributed by atoms with Crippen LogP contribution in [-0.4, -0.2) is 62.1 Å². The van der Waals surface area contributed by atoms with Gasteiger partial charge in [0.25, 0.3) is 11.8 Å². The Morgan fingerprint density at radius 2 is 1.82 bits per heavy atom. The molecule has 0 radical (unpaired) electrons. The molecule has 1 heterocycles. The molecular formula is C20H24N4O3S. The van der Waals surface area contributed by atoms with Crippen molar-refractivity contribution in [1.82, 2.24) is 15.5 Å². The van der Waals surface area contributed by atoms with Gasteiger partial charge in [0.2, 0.25) is 0 Å². The van der Waals surface area contributed by atoms with Gasteiger partial charge in [0.05, 0.1) is 5.88 Å². The normalized spacial score (nSPS) is 13.0. The second-order valence-corrected chi connectivity index (χ2v) is 7.76. The predicted molar refractivity (Wildman–Crippen MR) is 113 cm³/mol. The van der Waals surface area contributed by atoms with Crippen molar-refractivity contribution >= 4 is 46.1 Å². The standard InChI is InChI=1S/C20H24N4O3S/c1-21-20(27)22-10-5-11-28-12-24-18(25)14-7-4-6-13-16(23(2)3)9-8-15(17(13)14)19(24)26/h4,6-9H,5,10-12H2,1-3H3,(H2,21,22,27). The van der Waals surface area contributed by atoms with Gasteiger partial charge in [-0.1, -0.05) is 12.1 Å². The minimum absolute atomic E-state index is 0.215. The quantitative estimate of drug-likeness (QED) is 0.551. The summed E-state index contributed by atoms with van der Waals surface area (Å²) in [6, 6.07) is 9.10. The number of anilines is 1. The van der Waals surface area contributed by atoms with Crippen molar-refractivity contribution in [2.75, 3.05) is 44.2 Å². The van der Waals surface area contributed by atoms with Crippen LogP contribution in [0, 0.1) is 0 Å². The number of nitrogens with one attached hydrogen (secondary N) is 2. The SMILES string of the molecule is CNC(=O)NCCCSCN1C(=O)c2cccc3c(N(C)C)ccc(c23)C1=O. The van der Waals surface area contributed by atoms with E-state index in [9.17, 15) is 14.4 Å². The Hall–Kier alpha value is -2.74. The number of hydrogen-bond donors (Lipinski definition) is 2. The number of urea groups is 1. The summed E-state index contributed by atoms with van der Waals surface area (Å²) in [4.78, 5) is 40.3. The largest absolute Gasteiger partial charge is 0.377 e. The number of carbonyl (C=O) groups excluding carboxylic acids is 3. The van der Waals surface area contributed by atoms with Crippen LogP contribution in [0.15, 0.2) is 30.3 Å². The highest BCUT2D eigenvalue weighted by Gasteiger charge is 2.33. The van der Waals surface area contributed by atoms with E-state index in [4.69, 9.17) is 0 Å². The summed E-state index contributed by atoms with van der Waals surface area (Å²) in [6.45, 7) is 0.546. The maximum Gasteiger partial charge on any atom is 0.314 e. The maximum atomic E-state index is 13.0. The average Bonchev–Trinajstić information content (AvgIpc) is 2.69. The number of nitrogens with zero attached hydrogens (tertiary/aromatic N) is 2. The summed E-state index contributed by atoms with van der Waals surface area (Å²) in [6.07, 6.45) is 0.757. The highest BCUT2D eigenvalue weighted by atomic mass is 32.2. The summed E-state index contributed by atoms with van der Waals surface area (Å²) < 4.78 is 0. The van der Waals surface area contributed by atoms with Crippen LogP contribution in [-0.2, 0) is 0 Å². The molecule has 0 spiro atoms. The molecule has 0 unspecified atom stereocenters. The van der Waals surface area contributed by atoms with Gasteiger partial charge >= 0.3 is 6.03 Å². The van der Waals surface area contributed by atoms with Crippen LogP contribution in [0.1, 0.15) is 27.1 Å². The minimum atomic E-state index is -0.255. The molecule has 0 aromatic heterocycles. The number of imide groups is 1. The van der Waals surface area contributed by atoms with Crippen LogP contribution in [0.25, 0.3) is 10.8 Å². The van der Waals surface area contributed by atoms with E-state index in [0.717, 1.165) is 28.6 Å². The van der Waals surface area contributed by atoms with E-state index in [1.54, 1.807) is 19.2 Å². The van der Waals surface area contributed by atoms with Crippen LogP contribution in [0.5, 0.6) is 0 Å². The van der Waals surface area contributed by atoms with Crippen molar-refractivity contribution in [3.05, 3.63) is 41.5 Å². The molecule has 3 rings (SSSR count). The maximum absolute atomic E-state index is 13.0. The average molecular weight is 401 g/mol. The van der Waals surface area contributed by atoms with E-state index in [2.05, 4.69) is 10.6 Å². The van der Waals surface area contributed by atoms with Crippen molar-refractivity contribution in [3.63, 3.8) is 0 Å². The third-order valence-electron chi connectivity index (χ3n) is 4.65. The van der Waals surface area contributed by atoms with Gasteiger partial charge in [0.15, 0.2) is 0 Å². The summed E-state index contributed by atoms with van der Waals surface area (Å²) in [5.41, 5.74) is 2.11. The van der Waals surface area contributed by atoms with E-state index in [1.807, 2.05) is 37.2 Å². The first kappa shape index (κ1) is 20.0. The molecule has 0 saturated carbocycles. The van der Waals surface area contributed by atoms with E-state index in [0.29, 0.717) is 23.5 Å². The molecule has 0 bridgehead atoms. The Balaban J connectivity index is 1.73. The van der Waals surface area contributed by atoms with Crippen LogP contribution in [0.3, 0.4) is 0 Å². The fourth-order valence-corrected chi connectivity index (χ4v) is 4.15. The second-order valence-electron chi connectivity index (χ2n) is 6.69. The van der Waals surface area contributed by atoms with Gasteiger partial charge in [-0.3, -0.25) is 14.5 Å². The van der Waals surface area contributed by atoms with E-state index < -0.39 is 0 Å². The fraction of sp³-hybridized carbons (Fsp3) is 0.350. The summed E-state index contributed by atoms with van der Waals surface area (Å²) in [5.74, 6) is 0.519. The van der Waals surface area contributed by atoms with Crippen molar-refractivity contribution in [2.24, 2.45) is 0 Å². The highest BCUT2D eigenvalue weighted by Crippen LogP contribution is 2.35. The molecule has 28 heavy (non-hydrogen) atoms. The molecule has 2 aromatic carbocycles. The second kappa shape index (κ2) is 8.52. The van der Waals surface area contributed by atoms with E-state index in [-0.39, 0.29) is 17.8 Å². The van der Waals surface area contributed by atoms with Crippen LogP contribution in [0.2, 0.25) is 0 Å². The molecule has 2 N–H and O–H groups in total. The lowest BCUT2D eigenvalue weighted by Crippen LogP contribution is -2.40. The fourth-order valence-electron chi connectivity index (χ4n) is 3.26. The van der Waals surface area contributed by atoms with Gasteiger partial charge in [-0.2, -0.15) is 0 Å². The first-order valence-corrected chi connectivity index (χ1v) is 10.2. The van der Waals surface area contributed by atoms with Gasteiger partial charge in [0, 0.05) is 55.3 Å². The van der Waals surface area contributed by atoms with Crippen molar-refractivity contribution in [1.29, 1.82) is 0 Å². The smallest absolute Gasteiger partial charge is 0.314 e. The van der Waals surface area contributed by atoms with Crippen LogP contribution in [0.4, 0.5) is 10.5 Å². The molecule has 2 aromatic rings. The zero-order chi connectivity index (χ0) is 20.3. The number of amides is 4. The molecule has 148 valence electrons. The van der Waals surface area contributed by atoms with Crippen LogP contribution >= 0.6 is 11.8 Å². The molecule has 0 fully saturated rings. The lowest BCUT2D eigenvalue weighted by molar-refractivity contribution is 0.0641. The zero-order valence-electron chi connectivity index (χ0n) is 16.2. The van der Waals surface area contributed by atoms with Gasteiger partial charge in [0.1, 0.15) is 0 Å². The predicted octanol–water partition coefficient (Wildman–Crippen LogP) is 2.51. The Morgan fingerprint density at radius 1 is 1.11 bits per heavy atom. The summed E-state index contributed by atoms with van der Waals surface area (Å²) in [7, 11) is 5.45. The molecule has 0 saturated heterocycles. The molecule has 1 aliphatic heterocycles. The van der Waals surface area contributed by atoms with Crippen molar-refractivity contribution in [2.45, 2.75) is 6.42 Å². The first-order chi connectivity index (χ1) is 13.5. The van der Waals surface area contributed by atoms with E-state index in [1.165, 1.54) is 16.7 Å². The van der Waals surface area contributed by atoms with Gasteiger partial charge in [-0.25, -0.2) is 4.79 Å². The molecule has 0 aliphatic carbocycles. The van der Waals surface area contributed by atoms with Gasteiger partial charge in [-0.05, 0) is 30.4 Å². The number of hydrogen-bond acceptors (Lipinski definition) is 5. The third-order valence-corrected chi connectivity index (χ3v) is 5.67. The van der Waals surface area contributed by atoms with Gasteiger partial charge in [-0.15, -0.1) is 11.8 Å². The van der Waals surface area contributed by atoms with Crippen molar-refractivity contribution in [3.8, 4) is 0 Å². The monoisotopic (exact) mass is 400 g/mol. The first-order valence-electron chi connectivity index (χ1n) is 9.08. The summed E-state index contributed by atoms with van der Waals surface area (Å²) >= 11 is 1.50. The number of thioether (sulfide) groups is 1. The molecule has 1 aliphatic rings. The number of benzene rings is 2. The van der Waals surface area contributed by atoms with Crippen molar-refractivity contribution < 1.29 is 14.4 Å². The Labute approximate surface area is 168 Å². The Kier molecular flexibility index (Phi) is 6.08. The lowest BCUT2D eigenvalue weighted by atomic mass is 9.93. The molecular weight excluding hydrogens is 376 g/mol. The molecule has 7 nitrogen and oxygen atoms in total. The Morgan fingerprint density at radius 3 is 2.50 bits per heavy atom. The number of carbonyl (C=O) groups is 3. The van der Waals surface area contributed by atoms with Crippen LogP contribution < -0.4 is 15.5 Å². The highest BCUT2D eigenvalue weighted by molar-refractivity contribution is 7.99. The van der Waals surface area contributed by atoms with Gasteiger partial charge < -0.3 is 15.5 Å². The zero-order valence-corrected chi connectivity index (χ0v) is 17.1. The lowest BCUT2D eigenvalue weighted by Gasteiger charge is -2.28. The summed E-state index contributed by atoms with van der Waals surface area (Å²) in [5, 5.41) is 6.85. The topological polar surface area (TPSA) is 81.8 Å². The third kappa shape index (κ3) is 3.77. The molecule has 4 amide bonds. The molecule has 8 heteroatoms. The minimum Gasteiger partial charge on any atom is -0.377 e. The molecule has 0 atom stereocenters. The van der Waals surface area contributed by atoms with E-state index >= 15 is 0 Å². The Bertz CT molecular complexity index is 907.